The Balaban J connectivity index is 0. The molecular formula is C9H18O3. The SMILES string of the molecule is C=CCCC=C.OCC(O)CO. The number of hydrogen-bond donors (Lipinski definition) is 3. The Bertz CT molecular complexity index is 89.9. The van der Waals surface area contributed by atoms with E-state index in [1.807, 2.05) is 12.2 Å². The van der Waals surface area contributed by atoms with Crippen molar-refractivity contribution in [2.75, 3.05) is 13.2 Å². The third kappa shape index (κ3) is 16.2. The van der Waals surface area contributed by atoms with Crippen LogP contribution in [0.1, 0.15) is 12.8 Å². The molecule has 3 heteroatoms. The zero-order valence-electron chi connectivity index (χ0n) is 7.32. The third-order valence-corrected chi connectivity index (χ3v) is 0.996. The first-order valence-corrected chi connectivity index (χ1v) is 3.84. The maximum absolute atomic E-state index is 8.17. The zero-order valence-corrected chi connectivity index (χ0v) is 7.32. The van der Waals surface area contributed by atoms with E-state index >= 15 is 0 Å². The van der Waals surface area contributed by atoms with Crippen LogP contribution in [0.15, 0.2) is 25.3 Å². The fourth-order valence-corrected chi connectivity index (χ4v) is 0.293. The van der Waals surface area contributed by atoms with Crippen molar-refractivity contribution in [3.63, 3.8) is 0 Å². The minimum Gasteiger partial charge on any atom is -0.394 e. The van der Waals surface area contributed by atoms with Crippen LogP contribution in [0.2, 0.25) is 0 Å². The maximum atomic E-state index is 8.17. The van der Waals surface area contributed by atoms with E-state index < -0.39 is 6.10 Å². The molecule has 3 N–H and O–H groups in total. The number of rotatable bonds is 5. The van der Waals surface area contributed by atoms with E-state index in [4.69, 9.17) is 15.3 Å². The van der Waals surface area contributed by atoms with Gasteiger partial charge < -0.3 is 15.3 Å². The largest absolute Gasteiger partial charge is 0.394 e. The van der Waals surface area contributed by atoms with Crippen LogP contribution < -0.4 is 0 Å². The molecule has 0 radical (unpaired) electrons. The monoisotopic (exact) mass is 174 g/mol. The zero-order chi connectivity index (χ0) is 9.82. The Hall–Kier alpha value is -0.640. The summed E-state index contributed by atoms with van der Waals surface area (Å²) in [6.07, 6.45) is 4.95. The van der Waals surface area contributed by atoms with Crippen molar-refractivity contribution in [2.24, 2.45) is 0 Å². The van der Waals surface area contributed by atoms with Gasteiger partial charge in [-0.05, 0) is 12.8 Å². The second-order valence-electron chi connectivity index (χ2n) is 2.17. The molecule has 3 nitrogen and oxygen atoms in total. The standard InChI is InChI=1S/C6H10.C3H8O3/c1-3-5-6-4-2;4-1-3(6)2-5/h3-4H,1-2,5-6H2;3-6H,1-2H2. The van der Waals surface area contributed by atoms with E-state index in [2.05, 4.69) is 13.2 Å². The molecule has 0 rings (SSSR count). The molecule has 0 heterocycles. The molecule has 0 fully saturated rings. The normalized spacial score (nSPS) is 8.67. The van der Waals surface area contributed by atoms with Gasteiger partial charge in [-0.15, -0.1) is 13.2 Å². The summed E-state index contributed by atoms with van der Waals surface area (Å²) >= 11 is 0. The molecule has 0 saturated heterocycles. The van der Waals surface area contributed by atoms with Crippen LogP contribution in [-0.2, 0) is 0 Å². The van der Waals surface area contributed by atoms with Crippen molar-refractivity contribution in [1.29, 1.82) is 0 Å². The number of hydrogen-bond acceptors (Lipinski definition) is 3. The Labute approximate surface area is 73.7 Å². The van der Waals surface area contributed by atoms with Crippen LogP contribution in [0.4, 0.5) is 0 Å². The Kier molecular flexibility index (Phi) is 15.1. The molecule has 0 aromatic carbocycles. The first kappa shape index (κ1) is 13.9. The second kappa shape index (κ2) is 13.0. The summed E-state index contributed by atoms with van der Waals surface area (Å²) in [5, 5.41) is 24.0. The van der Waals surface area contributed by atoms with Crippen molar-refractivity contribution in [3.05, 3.63) is 25.3 Å². The summed E-state index contributed by atoms with van der Waals surface area (Å²) in [5.41, 5.74) is 0. The lowest BCUT2D eigenvalue weighted by Gasteiger charge is -1.96. The van der Waals surface area contributed by atoms with E-state index in [-0.39, 0.29) is 13.2 Å². The van der Waals surface area contributed by atoms with Gasteiger partial charge in [-0.25, -0.2) is 0 Å². The van der Waals surface area contributed by atoms with Crippen LogP contribution in [0.25, 0.3) is 0 Å². The molecule has 0 aromatic heterocycles. The average molecular weight is 174 g/mol. The molecule has 0 aliphatic carbocycles. The van der Waals surface area contributed by atoms with Gasteiger partial charge >= 0.3 is 0 Å². The van der Waals surface area contributed by atoms with Gasteiger partial charge in [-0.1, -0.05) is 12.2 Å². The first-order chi connectivity index (χ1) is 5.72. The summed E-state index contributed by atoms with van der Waals surface area (Å²) in [7, 11) is 0. The van der Waals surface area contributed by atoms with Gasteiger partial charge in [0.2, 0.25) is 0 Å². The molecule has 0 unspecified atom stereocenters. The number of unbranched alkanes of at least 4 members (excludes halogenated alkanes) is 1. The molecule has 0 atom stereocenters. The van der Waals surface area contributed by atoms with Crippen molar-refractivity contribution in [1.82, 2.24) is 0 Å². The Morgan fingerprint density at radius 3 is 1.42 bits per heavy atom. The molecule has 12 heavy (non-hydrogen) atoms. The van der Waals surface area contributed by atoms with Crippen molar-refractivity contribution in [2.45, 2.75) is 18.9 Å². The van der Waals surface area contributed by atoms with Crippen molar-refractivity contribution < 1.29 is 15.3 Å². The van der Waals surface area contributed by atoms with E-state index in [1.165, 1.54) is 0 Å². The Morgan fingerprint density at radius 1 is 1.00 bits per heavy atom. The van der Waals surface area contributed by atoms with E-state index in [0.717, 1.165) is 12.8 Å². The number of allylic oxidation sites excluding steroid dienone is 2. The summed E-state index contributed by atoms with van der Waals surface area (Å²) in [5.74, 6) is 0. The lowest BCUT2D eigenvalue weighted by atomic mass is 10.3. The first-order valence-electron chi connectivity index (χ1n) is 3.84. The summed E-state index contributed by atoms with van der Waals surface area (Å²) < 4.78 is 0. The fourth-order valence-electron chi connectivity index (χ4n) is 0.293. The average Bonchev–Trinajstić information content (AvgIpc) is 2.14. The maximum Gasteiger partial charge on any atom is 0.100 e. The smallest absolute Gasteiger partial charge is 0.100 e. The van der Waals surface area contributed by atoms with Gasteiger partial charge in [-0.2, -0.15) is 0 Å². The molecule has 0 saturated carbocycles. The van der Waals surface area contributed by atoms with E-state index in [1.54, 1.807) is 0 Å². The number of aliphatic hydroxyl groups excluding tert-OH is 3. The lowest BCUT2D eigenvalue weighted by Crippen LogP contribution is -2.15. The molecular weight excluding hydrogens is 156 g/mol. The number of aliphatic hydroxyl groups is 3. The molecule has 0 aliphatic rings. The minimum absolute atomic E-state index is 0.365. The highest BCUT2D eigenvalue weighted by Crippen LogP contribution is 1.86. The van der Waals surface area contributed by atoms with Crippen LogP contribution in [-0.4, -0.2) is 34.6 Å². The summed E-state index contributed by atoms with van der Waals surface area (Å²) in [6.45, 7) is 6.37. The van der Waals surface area contributed by atoms with Gasteiger partial charge in [0.1, 0.15) is 6.10 Å². The van der Waals surface area contributed by atoms with Crippen LogP contribution >= 0.6 is 0 Å². The lowest BCUT2D eigenvalue weighted by molar-refractivity contribution is 0.0450. The van der Waals surface area contributed by atoms with Crippen LogP contribution in [0.5, 0.6) is 0 Å². The highest BCUT2D eigenvalue weighted by Gasteiger charge is 1.93. The van der Waals surface area contributed by atoms with E-state index in [9.17, 15) is 0 Å². The molecule has 0 aromatic rings. The third-order valence-electron chi connectivity index (χ3n) is 0.996. The fraction of sp³-hybridized carbons (Fsp3) is 0.556. The minimum atomic E-state index is -0.954. The molecule has 0 spiro atoms. The van der Waals surface area contributed by atoms with Crippen molar-refractivity contribution >= 4 is 0 Å². The second-order valence-corrected chi connectivity index (χ2v) is 2.17. The summed E-state index contributed by atoms with van der Waals surface area (Å²) in [6, 6.07) is 0. The van der Waals surface area contributed by atoms with Crippen LogP contribution in [0, 0.1) is 0 Å². The molecule has 0 amide bonds. The quantitative estimate of drug-likeness (QED) is 0.419. The summed E-state index contributed by atoms with van der Waals surface area (Å²) in [4.78, 5) is 0. The Morgan fingerprint density at radius 2 is 1.33 bits per heavy atom. The van der Waals surface area contributed by atoms with Gasteiger partial charge in [0.05, 0.1) is 13.2 Å². The van der Waals surface area contributed by atoms with Gasteiger partial charge in [0.25, 0.3) is 0 Å². The topological polar surface area (TPSA) is 60.7 Å². The van der Waals surface area contributed by atoms with Crippen LogP contribution in [0.3, 0.4) is 0 Å². The predicted molar refractivity (Wildman–Crippen MR) is 49.8 cm³/mol. The van der Waals surface area contributed by atoms with Gasteiger partial charge in [-0.3, -0.25) is 0 Å². The molecule has 72 valence electrons. The molecule has 0 bridgehead atoms. The van der Waals surface area contributed by atoms with Crippen molar-refractivity contribution in [3.8, 4) is 0 Å². The van der Waals surface area contributed by atoms with E-state index in [0.29, 0.717) is 0 Å². The predicted octanol–water partition coefficient (Wildman–Crippen LogP) is 0.470. The van der Waals surface area contributed by atoms with Gasteiger partial charge in [0.15, 0.2) is 0 Å². The molecule has 0 aliphatic heterocycles. The highest BCUT2D eigenvalue weighted by molar-refractivity contribution is 4.74. The van der Waals surface area contributed by atoms with Gasteiger partial charge in [0, 0.05) is 0 Å². The highest BCUT2D eigenvalue weighted by atomic mass is 16.3.